The summed E-state index contributed by atoms with van der Waals surface area (Å²) in [6.45, 7) is 0.0302. The third-order valence-electron chi connectivity index (χ3n) is 7.86. The van der Waals surface area contributed by atoms with Gasteiger partial charge in [0.2, 0.25) is 5.95 Å². The Kier molecular flexibility index (Phi) is 4.91. The maximum atomic E-state index is 15.0. The van der Waals surface area contributed by atoms with Crippen molar-refractivity contribution in [1.82, 2.24) is 28.9 Å². The Morgan fingerprint density at radius 1 is 1.16 bits per heavy atom. The SMILES string of the molecule is Cn1cc(-c2[nH]c3ncc4c5c3c2-c2ccc(cc2)CC(F)CO[C@H]2CCC(C2)n5c(=O)n4C)c(F)n1. The molecule has 5 aromatic rings. The van der Waals surface area contributed by atoms with Crippen molar-refractivity contribution in [2.24, 2.45) is 14.1 Å². The van der Waals surface area contributed by atoms with E-state index in [0.29, 0.717) is 28.8 Å². The fourth-order valence-corrected chi connectivity index (χ4v) is 6.10. The van der Waals surface area contributed by atoms with E-state index < -0.39 is 12.1 Å². The van der Waals surface area contributed by atoms with Gasteiger partial charge in [-0.15, -0.1) is 5.10 Å². The van der Waals surface area contributed by atoms with E-state index in [0.717, 1.165) is 40.4 Å². The summed E-state index contributed by atoms with van der Waals surface area (Å²) in [5.41, 5.74) is 5.14. The largest absolute Gasteiger partial charge is 0.375 e. The summed E-state index contributed by atoms with van der Waals surface area (Å²) in [7, 11) is 3.41. The topological polar surface area (TPSA) is 82.7 Å². The fourth-order valence-electron chi connectivity index (χ4n) is 6.10. The van der Waals surface area contributed by atoms with Crippen LogP contribution in [0.3, 0.4) is 0 Å². The molecule has 1 aromatic carbocycles. The van der Waals surface area contributed by atoms with Crippen molar-refractivity contribution in [3.05, 3.63) is 58.7 Å². The molecule has 0 spiro atoms. The monoisotopic (exact) mass is 504 g/mol. The first kappa shape index (κ1) is 22.4. The normalized spacial score (nSPS) is 21.8. The van der Waals surface area contributed by atoms with Crippen molar-refractivity contribution in [1.29, 1.82) is 0 Å². The predicted octanol–water partition coefficient (Wildman–Crippen LogP) is 4.43. The molecule has 1 aliphatic carbocycles. The molecule has 3 atom stereocenters. The van der Waals surface area contributed by atoms with Crippen LogP contribution in [-0.4, -0.2) is 47.8 Å². The maximum Gasteiger partial charge on any atom is 0.329 e. The van der Waals surface area contributed by atoms with Crippen molar-refractivity contribution >= 4 is 22.1 Å². The molecule has 1 saturated carbocycles. The van der Waals surface area contributed by atoms with E-state index >= 15 is 0 Å². The molecular formula is C27H26F2N6O2. The molecule has 0 amide bonds. The highest BCUT2D eigenvalue weighted by atomic mass is 19.1. The first-order valence-electron chi connectivity index (χ1n) is 12.5. The maximum absolute atomic E-state index is 15.0. The van der Waals surface area contributed by atoms with Crippen LogP contribution in [0.15, 0.2) is 41.5 Å². The van der Waals surface area contributed by atoms with Gasteiger partial charge in [-0.25, -0.2) is 14.2 Å². The number of nitrogens with one attached hydrogen (secondary N) is 1. The van der Waals surface area contributed by atoms with Gasteiger partial charge in [0.15, 0.2) is 0 Å². The third kappa shape index (κ3) is 3.38. The van der Waals surface area contributed by atoms with Gasteiger partial charge in [0, 0.05) is 38.3 Å². The highest BCUT2D eigenvalue weighted by Gasteiger charge is 2.33. The first-order chi connectivity index (χ1) is 17.9. The number of benzene rings is 1. The van der Waals surface area contributed by atoms with Gasteiger partial charge in [0.1, 0.15) is 11.8 Å². The molecule has 4 bridgehead atoms. The molecule has 4 aromatic heterocycles. The van der Waals surface area contributed by atoms with Crippen LogP contribution < -0.4 is 5.69 Å². The Morgan fingerprint density at radius 2 is 1.97 bits per heavy atom. The second kappa shape index (κ2) is 8.11. The van der Waals surface area contributed by atoms with Crippen LogP contribution in [0.4, 0.5) is 8.78 Å². The molecule has 8 nitrogen and oxygen atoms in total. The molecule has 6 heterocycles. The van der Waals surface area contributed by atoms with Gasteiger partial charge in [0.25, 0.3) is 0 Å². The van der Waals surface area contributed by atoms with Gasteiger partial charge < -0.3 is 9.72 Å². The molecule has 190 valence electrons. The molecule has 8 rings (SSSR count). The average molecular weight is 505 g/mol. The van der Waals surface area contributed by atoms with Gasteiger partial charge in [-0.3, -0.25) is 13.8 Å². The minimum atomic E-state index is -1.12. The van der Waals surface area contributed by atoms with Crippen LogP contribution in [0.25, 0.3) is 44.5 Å². The number of H-pyrrole nitrogens is 1. The number of ether oxygens (including phenoxy) is 1. The molecule has 37 heavy (non-hydrogen) atoms. The number of pyridine rings is 1. The summed E-state index contributed by atoms with van der Waals surface area (Å²) in [4.78, 5) is 21.6. The number of halogens is 2. The molecule has 1 N–H and O–H groups in total. The number of aromatic amines is 1. The Bertz CT molecular complexity index is 1730. The van der Waals surface area contributed by atoms with Gasteiger partial charge in [-0.2, -0.15) is 4.39 Å². The number of fused-ring (bicyclic) bond motifs is 5. The van der Waals surface area contributed by atoms with E-state index in [2.05, 4.69) is 15.1 Å². The molecule has 0 radical (unpaired) electrons. The standard InChI is InChI=1S/C27H26F2N6O2/c1-33-12-19(25(29)32-33)23-21-15-5-3-14(4-6-15)9-16(28)13-37-18-8-7-17(10-18)35-24-20(34(2)27(35)36)11-30-26(31-23)22(21)24/h3-6,11-12,16-18H,7-10,13H2,1-2H3,(H,30,31)/t16?,17?,18-/m0/s1. The zero-order valence-corrected chi connectivity index (χ0v) is 20.5. The zero-order chi connectivity index (χ0) is 25.4. The molecular weight excluding hydrogens is 478 g/mol. The molecule has 0 saturated heterocycles. The molecule has 2 aliphatic heterocycles. The first-order valence-corrected chi connectivity index (χ1v) is 12.5. The lowest BCUT2D eigenvalue weighted by molar-refractivity contribution is 0.0209. The lowest BCUT2D eigenvalue weighted by Gasteiger charge is -2.16. The Morgan fingerprint density at radius 3 is 2.73 bits per heavy atom. The van der Waals surface area contributed by atoms with Crippen LogP contribution in [0.5, 0.6) is 0 Å². The fraction of sp³-hybridized carbons (Fsp3) is 0.370. The number of alkyl halides is 1. The quantitative estimate of drug-likeness (QED) is 0.366. The predicted molar refractivity (Wildman–Crippen MR) is 136 cm³/mol. The lowest BCUT2D eigenvalue weighted by Crippen LogP contribution is -2.26. The van der Waals surface area contributed by atoms with E-state index in [4.69, 9.17) is 4.74 Å². The van der Waals surface area contributed by atoms with E-state index in [9.17, 15) is 13.6 Å². The summed E-state index contributed by atoms with van der Waals surface area (Å²) in [6.07, 6.45) is 4.47. The van der Waals surface area contributed by atoms with E-state index in [1.54, 1.807) is 31.1 Å². The minimum absolute atomic E-state index is 0.0302. The summed E-state index contributed by atoms with van der Waals surface area (Å²) < 4.78 is 40.6. The van der Waals surface area contributed by atoms with Crippen molar-refractivity contribution in [2.45, 2.75) is 44.0 Å². The summed E-state index contributed by atoms with van der Waals surface area (Å²) in [5.74, 6) is -0.601. The van der Waals surface area contributed by atoms with Crippen molar-refractivity contribution in [2.75, 3.05) is 6.61 Å². The number of nitrogens with zero attached hydrogens (tertiary/aromatic N) is 5. The molecule has 2 unspecified atom stereocenters. The Labute approximate surface area is 210 Å². The molecule has 10 heteroatoms. The van der Waals surface area contributed by atoms with Crippen LogP contribution in [-0.2, 0) is 25.3 Å². The van der Waals surface area contributed by atoms with Crippen LogP contribution >= 0.6 is 0 Å². The van der Waals surface area contributed by atoms with E-state index in [-0.39, 0.29) is 30.9 Å². The number of hydrogen-bond acceptors (Lipinski definition) is 4. The second-order valence-electron chi connectivity index (χ2n) is 10.2. The Hall–Kier alpha value is -3.79. The number of rotatable bonds is 1. The lowest BCUT2D eigenvalue weighted by atomic mass is 9.97. The van der Waals surface area contributed by atoms with Gasteiger partial charge >= 0.3 is 5.69 Å². The highest BCUT2D eigenvalue weighted by molar-refractivity contribution is 6.14. The van der Waals surface area contributed by atoms with E-state index in [1.165, 1.54) is 4.68 Å². The smallest absolute Gasteiger partial charge is 0.329 e. The van der Waals surface area contributed by atoms with Crippen molar-refractivity contribution in [3.63, 3.8) is 0 Å². The zero-order valence-electron chi connectivity index (χ0n) is 20.5. The van der Waals surface area contributed by atoms with Gasteiger partial charge in [-0.1, -0.05) is 24.3 Å². The summed E-state index contributed by atoms with van der Waals surface area (Å²) >= 11 is 0. The minimum Gasteiger partial charge on any atom is -0.375 e. The summed E-state index contributed by atoms with van der Waals surface area (Å²) in [6, 6.07) is 7.51. The van der Waals surface area contributed by atoms with Crippen molar-refractivity contribution < 1.29 is 13.5 Å². The second-order valence-corrected chi connectivity index (χ2v) is 10.2. The number of aromatic nitrogens is 6. The number of imidazole rings is 1. The van der Waals surface area contributed by atoms with E-state index in [1.807, 2.05) is 28.8 Å². The number of hydrogen-bond donors (Lipinski definition) is 1. The van der Waals surface area contributed by atoms with Gasteiger partial charge in [-0.05, 0) is 30.4 Å². The van der Waals surface area contributed by atoms with Crippen LogP contribution in [0, 0.1) is 5.95 Å². The summed E-state index contributed by atoms with van der Waals surface area (Å²) in [5, 5.41) is 4.66. The highest BCUT2D eigenvalue weighted by Crippen LogP contribution is 2.43. The van der Waals surface area contributed by atoms with Crippen LogP contribution in [0.2, 0.25) is 0 Å². The van der Waals surface area contributed by atoms with Gasteiger partial charge in [0.05, 0.1) is 46.6 Å². The average Bonchev–Trinajstić information content (AvgIpc) is 3.62. The Balaban J connectivity index is 1.61. The molecule has 1 fully saturated rings. The van der Waals surface area contributed by atoms with Crippen LogP contribution in [0.1, 0.15) is 30.9 Å². The molecule has 3 aliphatic rings. The third-order valence-corrected chi connectivity index (χ3v) is 7.86. The van der Waals surface area contributed by atoms with Crippen molar-refractivity contribution in [3.8, 4) is 22.4 Å². The number of aryl methyl sites for hydroxylation is 2.